The Hall–Kier alpha value is -1.32. The largest absolute Gasteiger partial charge is 0.394 e. The van der Waals surface area contributed by atoms with Gasteiger partial charge in [0.05, 0.1) is 0 Å². The van der Waals surface area contributed by atoms with E-state index in [1.165, 1.54) is 0 Å². The molecule has 0 spiro atoms. The first-order chi connectivity index (χ1) is 5.15. The highest BCUT2D eigenvalue weighted by molar-refractivity contribution is 5.53. The fourth-order valence-electron chi connectivity index (χ4n) is 0.729. The van der Waals surface area contributed by atoms with E-state index < -0.39 is 17.3 Å². The molecule has 0 fully saturated rings. The van der Waals surface area contributed by atoms with Crippen LogP contribution in [0.15, 0.2) is 12.1 Å². The van der Waals surface area contributed by atoms with Gasteiger partial charge in [-0.05, 0) is 12.1 Å². The van der Waals surface area contributed by atoms with Gasteiger partial charge in [0.15, 0.2) is 11.6 Å². The van der Waals surface area contributed by atoms with Crippen molar-refractivity contribution in [2.45, 2.75) is 0 Å². The summed E-state index contributed by atoms with van der Waals surface area (Å²) in [6, 6.07) is 2.27. The smallest absolute Gasteiger partial charge is 0.151 e. The van der Waals surface area contributed by atoms with Gasteiger partial charge in [0.2, 0.25) is 0 Å². The van der Waals surface area contributed by atoms with E-state index in [1.54, 1.807) is 7.05 Å². The van der Waals surface area contributed by atoms with Crippen LogP contribution in [0.4, 0.5) is 20.2 Å². The minimum absolute atomic E-state index is 0.370. The molecule has 3 N–H and O–H groups in total. The average molecular weight is 158 g/mol. The third-order valence-electron chi connectivity index (χ3n) is 1.37. The number of nitrogens with one attached hydrogen (secondary N) is 1. The van der Waals surface area contributed by atoms with Gasteiger partial charge in [-0.3, -0.25) is 0 Å². The number of halogens is 2. The van der Waals surface area contributed by atoms with E-state index in [9.17, 15) is 8.78 Å². The Kier molecular flexibility index (Phi) is 1.94. The fraction of sp³-hybridized carbons (Fsp3) is 0.143. The molecule has 4 heteroatoms. The number of nitrogen functional groups attached to an aromatic ring is 1. The molecule has 60 valence electrons. The standard InChI is InChI=1S/C7H8F2N2/c1-11-4-2-5(8)7(10)6(9)3-4/h2-3,11H,10H2,1H3. The average Bonchev–Trinajstić information content (AvgIpc) is 1.99. The zero-order chi connectivity index (χ0) is 8.43. The van der Waals surface area contributed by atoms with Crippen LogP contribution in [-0.2, 0) is 0 Å². The second kappa shape index (κ2) is 2.74. The Balaban J connectivity index is 3.21. The monoisotopic (exact) mass is 158 g/mol. The molecule has 0 bridgehead atoms. The van der Waals surface area contributed by atoms with Gasteiger partial charge in [0, 0.05) is 12.7 Å². The summed E-state index contributed by atoms with van der Waals surface area (Å²) >= 11 is 0. The first-order valence-corrected chi connectivity index (χ1v) is 3.07. The van der Waals surface area contributed by atoms with Crippen molar-refractivity contribution >= 4 is 11.4 Å². The molecule has 0 radical (unpaired) electrons. The molecule has 0 aliphatic carbocycles. The van der Waals surface area contributed by atoms with Crippen LogP contribution in [0.25, 0.3) is 0 Å². The Morgan fingerprint density at radius 2 is 1.73 bits per heavy atom. The van der Waals surface area contributed by atoms with Crippen LogP contribution in [0.5, 0.6) is 0 Å². The molecule has 11 heavy (non-hydrogen) atoms. The molecule has 0 atom stereocenters. The van der Waals surface area contributed by atoms with Crippen LogP contribution < -0.4 is 11.1 Å². The molecule has 0 unspecified atom stereocenters. The van der Waals surface area contributed by atoms with Gasteiger partial charge in [-0.2, -0.15) is 0 Å². The van der Waals surface area contributed by atoms with Gasteiger partial charge in [-0.1, -0.05) is 0 Å². The van der Waals surface area contributed by atoms with Gasteiger partial charge in [-0.25, -0.2) is 8.78 Å². The van der Waals surface area contributed by atoms with Crippen molar-refractivity contribution < 1.29 is 8.78 Å². The summed E-state index contributed by atoms with van der Waals surface area (Å²) in [6.07, 6.45) is 0. The Morgan fingerprint density at radius 3 is 2.09 bits per heavy atom. The third-order valence-corrected chi connectivity index (χ3v) is 1.37. The fourth-order valence-corrected chi connectivity index (χ4v) is 0.729. The maximum absolute atomic E-state index is 12.6. The lowest BCUT2D eigenvalue weighted by molar-refractivity contribution is 0.592. The molecule has 2 nitrogen and oxygen atoms in total. The van der Waals surface area contributed by atoms with E-state index in [0.717, 1.165) is 12.1 Å². The molecular formula is C7H8F2N2. The van der Waals surface area contributed by atoms with E-state index in [0.29, 0.717) is 5.69 Å². The molecule has 1 rings (SSSR count). The maximum Gasteiger partial charge on any atom is 0.151 e. The maximum atomic E-state index is 12.6. The van der Waals surface area contributed by atoms with Crippen LogP contribution >= 0.6 is 0 Å². The lowest BCUT2D eigenvalue weighted by Crippen LogP contribution is -1.97. The highest BCUT2D eigenvalue weighted by Crippen LogP contribution is 2.19. The first-order valence-electron chi connectivity index (χ1n) is 3.07. The predicted octanol–water partition coefficient (Wildman–Crippen LogP) is 1.59. The molecule has 0 aliphatic heterocycles. The molecule has 0 aromatic heterocycles. The van der Waals surface area contributed by atoms with Crippen molar-refractivity contribution in [2.24, 2.45) is 0 Å². The van der Waals surface area contributed by atoms with Crippen molar-refractivity contribution in [3.05, 3.63) is 23.8 Å². The van der Waals surface area contributed by atoms with Gasteiger partial charge < -0.3 is 11.1 Å². The highest BCUT2D eigenvalue weighted by Gasteiger charge is 2.05. The zero-order valence-corrected chi connectivity index (χ0v) is 5.99. The Bertz CT molecular complexity index is 250. The van der Waals surface area contributed by atoms with E-state index in [2.05, 4.69) is 5.32 Å². The summed E-state index contributed by atoms with van der Waals surface area (Å²) in [5.41, 5.74) is 4.96. The summed E-state index contributed by atoms with van der Waals surface area (Å²) in [5, 5.41) is 2.60. The SMILES string of the molecule is CNc1cc(F)c(N)c(F)c1. The number of nitrogens with two attached hydrogens (primary N) is 1. The predicted molar refractivity (Wildman–Crippen MR) is 40.3 cm³/mol. The van der Waals surface area contributed by atoms with Gasteiger partial charge in [0.25, 0.3) is 0 Å². The molecule has 1 aromatic rings. The number of rotatable bonds is 1. The van der Waals surface area contributed by atoms with Crippen LogP contribution in [0, 0.1) is 11.6 Å². The van der Waals surface area contributed by atoms with Gasteiger partial charge in [-0.15, -0.1) is 0 Å². The quantitative estimate of drug-likeness (QED) is 0.609. The zero-order valence-electron chi connectivity index (χ0n) is 5.99. The van der Waals surface area contributed by atoms with E-state index in [-0.39, 0.29) is 0 Å². The lowest BCUT2D eigenvalue weighted by atomic mass is 10.2. The van der Waals surface area contributed by atoms with Crippen LogP contribution in [0.2, 0.25) is 0 Å². The minimum Gasteiger partial charge on any atom is -0.394 e. The lowest BCUT2D eigenvalue weighted by Gasteiger charge is -2.02. The van der Waals surface area contributed by atoms with E-state index in [1.807, 2.05) is 0 Å². The van der Waals surface area contributed by atoms with Crippen molar-refractivity contribution in [3.63, 3.8) is 0 Å². The van der Waals surface area contributed by atoms with E-state index >= 15 is 0 Å². The van der Waals surface area contributed by atoms with Crippen molar-refractivity contribution in [2.75, 3.05) is 18.1 Å². The number of benzene rings is 1. The second-order valence-corrected chi connectivity index (χ2v) is 2.10. The summed E-state index contributed by atoms with van der Waals surface area (Å²) in [4.78, 5) is 0. The molecule has 0 aliphatic rings. The summed E-state index contributed by atoms with van der Waals surface area (Å²) in [6.45, 7) is 0. The van der Waals surface area contributed by atoms with Crippen molar-refractivity contribution in [1.29, 1.82) is 0 Å². The molecule has 0 saturated heterocycles. The topological polar surface area (TPSA) is 38.0 Å². The molecular weight excluding hydrogens is 150 g/mol. The van der Waals surface area contributed by atoms with Gasteiger partial charge >= 0.3 is 0 Å². The highest BCUT2D eigenvalue weighted by atomic mass is 19.1. The molecule has 0 saturated carbocycles. The Morgan fingerprint density at radius 1 is 1.27 bits per heavy atom. The summed E-state index contributed by atoms with van der Waals surface area (Å²) in [7, 11) is 1.57. The third kappa shape index (κ3) is 1.39. The molecule has 0 amide bonds. The number of anilines is 2. The second-order valence-electron chi connectivity index (χ2n) is 2.10. The van der Waals surface area contributed by atoms with Crippen LogP contribution in [0.3, 0.4) is 0 Å². The van der Waals surface area contributed by atoms with Crippen molar-refractivity contribution in [1.82, 2.24) is 0 Å². The number of hydrogen-bond acceptors (Lipinski definition) is 2. The van der Waals surface area contributed by atoms with E-state index in [4.69, 9.17) is 5.73 Å². The minimum atomic E-state index is -0.741. The van der Waals surface area contributed by atoms with Crippen LogP contribution in [-0.4, -0.2) is 7.05 Å². The summed E-state index contributed by atoms with van der Waals surface area (Å²) < 4.78 is 25.2. The van der Waals surface area contributed by atoms with Crippen molar-refractivity contribution in [3.8, 4) is 0 Å². The molecule has 1 aromatic carbocycles. The summed E-state index contributed by atoms with van der Waals surface area (Å²) in [5.74, 6) is -1.48. The first kappa shape index (κ1) is 7.78. The molecule has 0 heterocycles. The number of hydrogen-bond donors (Lipinski definition) is 2. The van der Waals surface area contributed by atoms with Gasteiger partial charge in [0.1, 0.15) is 5.69 Å². The Labute approximate surface area is 63.0 Å². The normalized spacial score (nSPS) is 9.73. The van der Waals surface area contributed by atoms with Crippen LogP contribution in [0.1, 0.15) is 0 Å².